The van der Waals surface area contributed by atoms with E-state index >= 15 is 0 Å². The molecule has 0 bridgehead atoms. The van der Waals surface area contributed by atoms with Crippen LogP contribution in [0.15, 0.2) is 47.2 Å². The van der Waals surface area contributed by atoms with Crippen molar-refractivity contribution < 1.29 is 17.6 Å². The third-order valence-electron chi connectivity index (χ3n) is 3.45. The van der Waals surface area contributed by atoms with Crippen LogP contribution in [-0.4, -0.2) is 42.5 Å². The van der Waals surface area contributed by atoms with Gasteiger partial charge < -0.3 is 9.32 Å². The summed E-state index contributed by atoms with van der Waals surface area (Å²) in [6.45, 7) is 0.414. The first-order valence-electron chi connectivity index (χ1n) is 6.50. The molecule has 3 rings (SSSR count). The van der Waals surface area contributed by atoms with E-state index in [0.29, 0.717) is 11.5 Å². The molecular formula is C14H14N2O4S. The fraction of sp³-hybridized carbons (Fsp3) is 0.286. The molecular weight excluding hydrogens is 292 g/mol. The quantitative estimate of drug-likeness (QED) is 0.845. The molecule has 6 nitrogen and oxygen atoms in total. The molecule has 1 aliphatic heterocycles. The number of furan rings is 1. The fourth-order valence-corrected chi connectivity index (χ4v) is 3.80. The molecule has 110 valence electrons. The number of amides is 1. The number of rotatable bonds is 4. The van der Waals surface area contributed by atoms with Gasteiger partial charge in [-0.1, -0.05) is 6.07 Å². The van der Waals surface area contributed by atoms with Crippen LogP contribution in [0.25, 0.3) is 0 Å². The molecule has 1 fully saturated rings. The van der Waals surface area contributed by atoms with Crippen LogP contribution in [0.3, 0.4) is 0 Å². The van der Waals surface area contributed by atoms with Crippen LogP contribution in [0, 0.1) is 0 Å². The molecule has 0 spiro atoms. The normalized spacial score (nSPS) is 15.7. The number of pyridine rings is 1. The second kappa shape index (κ2) is 5.33. The number of carbonyl (C=O) groups is 1. The van der Waals surface area contributed by atoms with Crippen molar-refractivity contribution in [1.82, 2.24) is 9.88 Å². The number of nitrogens with zero attached hydrogens (tertiary/aromatic N) is 2. The molecule has 0 aromatic carbocycles. The minimum atomic E-state index is -3.30. The van der Waals surface area contributed by atoms with Crippen LogP contribution in [0.4, 0.5) is 0 Å². The van der Waals surface area contributed by atoms with Crippen molar-refractivity contribution in [2.75, 3.05) is 13.1 Å². The van der Waals surface area contributed by atoms with Gasteiger partial charge in [0.25, 0.3) is 5.91 Å². The van der Waals surface area contributed by atoms with Crippen LogP contribution in [-0.2, 0) is 15.6 Å². The fourth-order valence-electron chi connectivity index (χ4n) is 2.19. The Hall–Kier alpha value is -2.15. The summed E-state index contributed by atoms with van der Waals surface area (Å²) >= 11 is 0. The maximum absolute atomic E-state index is 12.2. The highest BCUT2D eigenvalue weighted by atomic mass is 32.2. The summed E-state index contributed by atoms with van der Waals surface area (Å²) in [5.74, 6) is 0.0561. The summed E-state index contributed by atoms with van der Waals surface area (Å²) in [6.07, 6.45) is 2.99. The second-order valence-electron chi connectivity index (χ2n) is 4.93. The van der Waals surface area contributed by atoms with Crippen LogP contribution >= 0.6 is 0 Å². The predicted octanol–water partition coefficient (Wildman–Crippen LogP) is 1.11. The van der Waals surface area contributed by atoms with Gasteiger partial charge in [0, 0.05) is 19.3 Å². The van der Waals surface area contributed by atoms with Crippen molar-refractivity contribution in [3.05, 3.63) is 54.2 Å². The number of hydrogen-bond donors (Lipinski definition) is 0. The highest BCUT2D eigenvalue weighted by molar-refractivity contribution is 7.91. The number of sulfone groups is 1. The van der Waals surface area contributed by atoms with E-state index in [1.165, 1.54) is 17.4 Å². The topological polar surface area (TPSA) is 80.5 Å². The summed E-state index contributed by atoms with van der Waals surface area (Å²) in [4.78, 5) is 17.5. The highest BCUT2D eigenvalue weighted by Crippen LogP contribution is 2.22. The molecule has 0 N–H and O–H groups in total. The predicted molar refractivity (Wildman–Crippen MR) is 75.3 cm³/mol. The van der Waals surface area contributed by atoms with Crippen molar-refractivity contribution in [3.8, 4) is 0 Å². The molecule has 1 amide bonds. The van der Waals surface area contributed by atoms with E-state index in [1.807, 2.05) is 0 Å². The molecule has 1 aliphatic rings. The Balaban J connectivity index is 1.61. The molecule has 0 atom stereocenters. The lowest BCUT2D eigenvalue weighted by atomic mass is 10.2. The Bertz CT molecular complexity index is 720. The van der Waals surface area contributed by atoms with E-state index in [-0.39, 0.29) is 24.7 Å². The average molecular weight is 306 g/mol. The zero-order valence-electron chi connectivity index (χ0n) is 11.2. The summed E-state index contributed by atoms with van der Waals surface area (Å²) < 4.78 is 29.4. The smallest absolute Gasteiger partial charge is 0.272 e. The number of carbonyl (C=O) groups excluding carboxylic acids is 1. The Kier molecular flexibility index (Phi) is 3.50. The number of aromatic nitrogens is 1. The van der Waals surface area contributed by atoms with Crippen LogP contribution < -0.4 is 0 Å². The number of hydrogen-bond acceptors (Lipinski definition) is 5. The first kappa shape index (κ1) is 13.8. The SMILES string of the molecule is O=C(c1ccccn1)N1CC(S(=O)(=O)Cc2ccco2)C1. The highest BCUT2D eigenvalue weighted by Gasteiger charge is 2.40. The lowest BCUT2D eigenvalue weighted by Crippen LogP contribution is -2.57. The molecule has 2 aromatic heterocycles. The Morgan fingerprint density at radius 3 is 2.71 bits per heavy atom. The van der Waals surface area contributed by atoms with Crippen molar-refractivity contribution in [3.63, 3.8) is 0 Å². The molecule has 1 saturated heterocycles. The largest absolute Gasteiger partial charge is 0.468 e. The van der Waals surface area contributed by atoms with Gasteiger partial charge in [-0.2, -0.15) is 0 Å². The summed E-state index contributed by atoms with van der Waals surface area (Å²) in [5.41, 5.74) is 0.333. The van der Waals surface area contributed by atoms with Gasteiger partial charge in [0.1, 0.15) is 17.2 Å². The van der Waals surface area contributed by atoms with Gasteiger partial charge in [-0.3, -0.25) is 9.78 Å². The third kappa shape index (κ3) is 2.82. The standard InChI is InChI=1S/C14H14N2O4S/c17-14(13-5-1-2-6-15-13)16-8-12(9-16)21(18,19)10-11-4-3-7-20-11/h1-7,12H,8-10H2. The van der Waals surface area contributed by atoms with Gasteiger partial charge in [-0.05, 0) is 24.3 Å². The molecule has 7 heteroatoms. The van der Waals surface area contributed by atoms with E-state index in [2.05, 4.69) is 4.98 Å². The van der Waals surface area contributed by atoms with E-state index in [4.69, 9.17) is 4.42 Å². The van der Waals surface area contributed by atoms with Crippen molar-refractivity contribution in [2.45, 2.75) is 11.0 Å². The molecule has 21 heavy (non-hydrogen) atoms. The molecule has 0 aliphatic carbocycles. The Morgan fingerprint density at radius 2 is 2.10 bits per heavy atom. The lowest BCUT2D eigenvalue weighted by molar-refractivity contribution is 0.0652. The third-order valence-corrected chi connectivity index (χ3v) is 5.45. The Labute approximate surface area is 122 Å². The average Bonchev–Trinajstić information content (AvgIpc) is 2.89. The molecule has 0 saturated carbocycles. The molecule has 3 heterocycles. The van der Waals surface area contributed by atoms with Crippen LogP contribution in [0.1, 0.15) is 16.2 Å². The van der Waals surface area contributed by atoms with E-state index < -0.39 is 15.1 Å². The Morgan fingerprint density at radius 1 is 1.29 bits per heavy atom. The van der Waals surface area contributed by atoms with Gasteiger partial charge in [-0.15, -0.1) is 0 Å². The summed E-state index contributed by atoms with van der Waals surface area (Å²) in [6, 6.07) is 8.36. The summed E-state index contributed by atoms with van der Waals surface area (Å²) in [5, 5.41) is -0.532. The maximum Gasteiger partial charge on any atom is 0.272 e. The zero-order valence-corrected chi connectivity index (χ0v) is 12.0. The van der Waals surface area contributed by atoms with Crippen molar-refractivity contribution >= 4 is 15.7 Å². The second-order valence-corrected chi connectivity index (χ2v) is 7.21. The zero-order chi connectivity index (χ0) is 14.9. The van der Waals surface area contributed by atoms with Gasteiger partial charge >= 0.3 is 0 Å². The molecule has 2 aromatic rings. The van der Waals surface area contributed by atoms with Crippen LogP contribution in [0.5, 0.6) is 0 Å². The number of likely N-dealkylation sites (tertiary alicyclic amines) is 1. The van der Waals surface area contributed by atoms with Gasteiger partial charge in [0.15, 0.2) is 9.84 Å². The first-order valence-corrected chi connectivity index (χ1v) is 8.22. The lowest BCUT2D eigenvalue weighted by Gasteiger charge is -2.38. The van der Waals surface area contributed by atoms with Crippen molar-refractivity contribution in [2.24, 2.45) is 0 Å². The first-order chi connectivity index (χ1) is 10.1. The molecule has 0 unspecified atom stereocenters. The summed E-state index contributed by atoms with van der Waals surface area (Å²) in [7, 11) is -3.30. The minimum Gasteiger partial charge on any atom is -0.468 e. The van der Waals surface area contributed by atoms with Gasteiger partial charge in [0.2, 0.25) is 0 Å². The maximum atomic E-state index is 12.2. The van der Waals surface area contributed by atoms with E-state index in [0.717, 1.165) is 0 Å². The monoisotopic (exact) mass is 306 g/mol. The minimum absolute atomic E-state index is 0.129. The van der Waals surface area contributed by atoms with Gasteiger partial charge in [0.05, 0.1) is 11.5 Å². The van der Waals surface area contributed by atoms with Crippen LogP contribution in [0.2, 0.25) is 0 Å². The van der Waals surface area contributed by atoms with E-state index in [9.17, 15) is 13.2 Å². The van der Waals surface area contributed by atoms with E-state index in [1.54, 1.807) is 30.3 Å². The molecule has 0 radical (unpaired) electrons. The van der Waals surface area contributed by atoms with Crippen molar-refractivity contribution in [1.29, 1.82) is 0 Å². The van der Waals surface area contributed by atoms with Gasteiger partial charge in [-0.25, -0.2) is 8.42 Å².